The predicted molar refractivity (Wildman–Crippen MR) is 105 cm³/mol. The molecular weight excluding hydrogens is 358 g/mol. The lowest BCUT2D eigenvalue weighted by Gasteiger charge is -2.12. The summed E-state index contributed by atoms with van der Waals surface area (Å²) < 4.78 is 0. The molecule has 3 rings (SSSR count). The Labute approximate surface area is 161 Å². The number of aromatic hydroxyl groups is 1. The van der Waals surface area contributed by atoms with Gasteiger partial charge < -0.3 is 15.7 Å². The number of hydrogen-bond acceptors (Lipinski definition) is 4. The molecule has 0 aliphatic carbocycles. The molecule has 0 saturated carbocycles. The van der Waals surface area contributed by atoms with E-state index in [-0.39, 0.29) is 11.3 Å². The standard InChI is InChI=1S/C21H17N3O4/c25-18-16(20(27)22-15-10-5-2-6-11-15)12-7-13-17(18)23-21(28)24-19(26)14-8-3-1-4-9-14/h1-13,25H,(H,22,27)(H2,23,24,26,28). The quantitative estimate of drug-likeness (QED) is 0.523. The van der Waals surface area contributed by atoms with Crippen molar-refractivity contribution >= 4 is 29.2 Å². The first-order chi connectivity index (χ1) is 13.5. The number of amides is 4. The van der Waals surface area contributed by atoms with E-state index in [1.54, 1.807) is 54.6 Å². The van der Waals surface area contributed by atoms with E-state index in [2.05, 4.69) is 16.0 Å². The van der Waals surface area contributed by atoms with E-state index < -0.39 is 23.6 Å². The summed E-state index contributed by atoms with van der Waals surface area (Å²) in [7, 11) is 0. The highest BCUT2D eigenvalue weighted by atomic mass is 16.3. The summed E-state index contributed by atoms with van der Waals surface area (Å²) in [6.07, 6.45) is 0. The number of nitrogens with one attached hydrogen (secondary N) is 3. The van der Waals surface area contributed by atoms with Gasteiger partial charge in [0.2, 0.25) is 0 Å². The first-order valence-corrected chi connectivity index (χ1v) is 8.40. The smallest absolute Gasteiger partial charge is 0.326 e. The summed E-state index contributed by atoms with van der Waals surface area (Å²) in [5.41, 5.74) is 0.865. The van der Waals surface area contributed by atoms with Crippen molar-refractivity contribution in [3.63, 3.8) is 0 Å². The molecule has 3 aromatic carbocycles. The zero-order valence-corrected chi connectivity index (χ0v) is 14.7. The molecule has 0 radical (unpaired) electrons. The van der Waals surface area contributed by atoms with Gasteiger partial charge in [0.25, 0.3) is 11.8 Å². The van der Waals surface area contributed by atoms with Gasteiger partial charge >= 0.3 is 6.03 Å². The maximum absolute atomic E-state index is 12.4. The normalized spacial score (nSPS) is 10.0. The fraction of sp³-hybridized carbons (Fsp3) is 0. The average Bonchev–Trinajstić information content (AvgIpc) is 2.71. The summed E-state index contributed by atoms with van der Waals surface area (Å²) in [4.78, 5) is 36.5. The van der Waals surface area contributed by atoms with Gasteiger partial charge in [0.15, 0.2) is 5.75 Å². The molecule has 4 N–H and O–H groups in total. The van der Waals surface area contributed by atoms with Crippen molar-refractivity contribution in [2.24, 2.45) is 0 Å². The second kappa shape index (κ2) is 8.50. The fourth-order valence-corrected chi connectivity index (χ4v) is 2.47. The van der Waals surface area contributed by atoms with Crippen LogP contribution in [-0.4, -0.2) is 23.0 Å². The second-order valence-electron chi connectivity index (χ2n) is 5.80. The van der Waals surface area contributed by atoms with Crippen LogP contribution in [0.25, 0.3) is 0 Å². The lowest BCUT2D eigenvalue weighted by molar-refractivity contribution is 0.0965. The molecule has 4 amide bonds. The highest BCUT2D eigenvalue weighted by molar-refractivity contribution is 6.10. The van der Waals surface area contributed by atoms with E-state index in [9.17, 15) is 19.5 Å². The number of anilines is 2. The van der Waals surface area contributed by atoms with Gasteiger partial charge in [0.05, 0.1) is 11.3 Å². The van der Waals surface area contributed by atoms with Gasteiger partial charge in [-0.15, -0.1) is 0 Å². The van der Waals surface area contributed by atoms with Gasteiger partial charge in [-0.3, -0.25) is 14.9 Å². The van der Waals surface area contributed by atoms with E-state index in [1.807, 2.05) is 6.07 Å². The van der Waals surface area contributed by atoms with Gasteiger partial charge in [-0.1, -0.05) is 42.5 Å². The molecule has 0 heterocycles. The molecular formula is C21H17N3O4. The van der Waals surface area contributed by atoms with Gasteiger partial charge in [-0.05, 0) is 36.4 Å². The van der Waals surface area contributed by atoms with Crippen LogP contribution in [0.4, 0.5) is 16.2 Å². The largest absolute Gasteiger partial charge is 0.505 e. The molecule has 0 aromatic heterocycles. The minimum Gasteiger partial charge on any atom is -0.505 e. The zero-order valence-electron chi connectivity index (χ0n) is 14.7. The van der Waals surface area contributed by atoms with Crippen LogP contribution in [0.5, 0.6) is 5.75 Å². The number of carbonyl (C=O) groups is 3. The Balaban J connectivity index is 1.69. The van der Waals surface area contributed by atoms with E-state index in [4.69, 9.17) is 0 Å². The molecule has 0 saturated heterocycles. The molecule has 0 spiro atoms. The topological polar surface area (TPSA) is 108 Å². The second-order valence-corrected chi connectivity index (χ2v) is 5.80. The first-order valence-electron chi connectivity index (χ1n) is 8.40. The maximum Gasteiger partial charge on any atom is 0.326 e. The summed E-state index contributed by atoms with van der Waals surface area (Å²) in [5, 5.41) is 17.5. The zero-order chi connectivity index (χ0) is 19.9. The van der Waals surface area contributed by atoms with Gasteiger partial charge in [-0.25, -0.2) is 4.79 Å². The SMILES string of the molecule is O=C(NC(=O)c1ccccc1)Nc1cccc(C(=O)Nc2ccccc2)c1O. The van der Waals surface area contributed by atoms with Crippen molar-refractivity contribution in [1.29, 1.82) is 0 Å². The van der Waals surface area contributed by atoms with Gasteiger partial charge in [-0.2, -0.15) is 0 Å². The number of phenols is 1. The monoisotopic (exact) mass is 375 g/mol. The van der Waals surface area contributed by atoms with Gasteiger partial charge in [0, 0.05) is 11.3 Å². The maximum atomic E-state index is 12.4. The molecule has 0 bridgehead atoms. The van der Waals surface area contributed by atoms with E-state index in [1.165, 1.54) is 18.2 Å². The average molecular weight is 375 g/mol. The highest BCUT2D eigenvalue weighted by Gasteiger charge is 2.17. The van der Waals surface area contributed by atoms with Crippen LogP contribution >= 0.6 is 0 Å². The van der Waals surface area contributed by atoms with Crippen molar-refractivity contribution in [3.8, 4) is 5.75 Å². The third-order valence-electron chi connectivity index (χ3n) is 3.82. The van der Waals surface area contributed by atoms with Crippen molar-refractivity contribution < 1.29 is 19.5 Å². The molecule has 140 valence electrons. The van der Waals surface area contributed by atoms with Gasteiger partial charge in [0.1, 0.15) is 0 Å². The van der Waals surface area contributed by atoms with Crippen LogP contribution in [0, 0.1) is 0 Å². The number of phenolic OH excluding ortho intramolecular Hbond substituents is 1. The van der Waals surface area contributed by atoms with Crippen molar-refractivity contribution in [3.05, 3.63) is 90.0 Å². The fourth-order valence-electron chi connectivity index (χ4n) is 2.47. The Kier molecular flexibility index (Phi) is 5.66. The molecule has 0 unspecified atom stereocenters. The molecule has 3 aromatic rings. The van der Waals surface area contributed by atoms with Crippen LogP contribution < -0.4 is 16.0 Å². The lowest BCUT2D eigenvalue weighted by atomic mass is 10.1. The molecule has 28 heavy (non-hydrogen) atoms. The Morgan fingerprint density at radius 2 is 1.32 bits per heavy atom. The van der Waals surface area contributed by atoms with Crippen LogP contribution in [-0.2, 0) is 0 Å². The van der Waals surface area contributed by atoms with Crippen LogP contribution in [0.2, 0.25) is 0 Å². The molecule has 0 atom stereocenters. The molecule has 0 aliphatic heterocycles. The summed E-state index contributed by atoms with van der Waals surface area (Å²) in [6, 6.07) is 20.5. The molecule has 7 nitrogen and oxygen atoms in total. The van der Waals surface area contributed by atoms with Crippen molar-refractivity contribution in [1.82, 2.24) is 5.32 Å². The minimum absolute atomic E-state index is 0.000858. The van der Waals surface area contributed by atoms with E-state index >= 15 is 0 Å². The summed E-state index contributed by atoms with van der Waals surface area (Å²) in [5.74, 6) is -1.53. The first kappa shape index (κ1) is 18.7. The summed E-state index contributed by atoms with van der Waals surface area (Å²) >= 11 is 0. The predicted octanol–water partition coefficient (Wildman–Crippen LogP) is 3.61. The Morgan fingerprint density at radius 1 is 0.679 bits per heavy atom. The Morgan fingerprint density at radius 3 is 2.00 bits per heavy atom. The third-order valence-corrected chi connectivity index (χ3v) is 3.82. The van der Waals surface area contributed by atoms with E-state index in [0.717, 1.165) is 0 Å². The summed E-state index contributed by atoms with van der Waals surface area (Å²) in [6.45, 7) is 0. The highest BCUT2D eigenvalue weighted by Crippen LogP contribution is 2.28. The van der Waals surface area contributed by atoms with Crippen LogP contribution in [0.3, 0.4) is 0 Å². The van der Waals surface area contributed by atoms with Crippen LogP contribution in [0.1, 0.15) is 20.7 Å². The lowest BCUT2D eigenvalue weighted by Crippen LogP contribution is -2.34. The van der Waals surface area contributed by atoms with Crippen molar-refractivity contribution in [2.75, 3.05) is 10.6 Å². The van der Waals surface area contributed by atoms with Crippen molar-refractivity contribution in [2.45, 2.75) is 0 Å². The van der Waals surface area contributed by atoms with E-state index in [0.29, 0.717) is 11.3 Å². The number of carbonyl (C=O) groups excluding carboxylic acids is 3. The minimum atomic E-state index is -0.829. The number of hydrogen-bond donors (Lipinski definition) is 4. The molecule has 0 aliphatic rings. The molecule has 0 fully saturated rings. The Bertz CT molecular complexity index is 1000. The molecule has 7 heteroatoms. The number of benzene rings is 3. The Hall–Kier alpha value is -4.13. The third kappa shape index (κ3) is 4.53. The number of para-hydroxylation sites is 2. The number of rotatable bonds is 4. The number of urea groups is 1. The number of imide groups is 1. The van der Waals surface area contributed by atoms with Crippen LogP contribution in [0.15, 0.2) is 78.9 Å².